The first-order chi connectivity index (χ1) is 11.6. The van der Waals surface area contributed by atoms with Crippen LogP contribution in [0.3, 0.4) is 0 Å². The van der Waals surface area contributed by atoms with Crippen molar-refractivity contribution in [3.05, 3.63) is 35.4 Å². The fourth-order valence-electron chi connectivity index (χ4n) is 2.62. The lowest BCUT2D eigenvalue weighted by atomic mass is 9.95. The predicted molar refractivity (Wildman–Crippen MR) is 103 cm³/mol. The molecule has 0 heterocycles. The third-order valence-electron chi connectivity index (χ3n) is 4.77. The molecule has 4 nitrogen and oxygen atoms in total. The van der Waals surface area contributed by atoms with Gasteiger partial charge < -0.3 is 4.74 Å². The van der Waals surface area contributed by atoms with Gasteiger partial charge in [-0.25, -0.2) is 13.7 Å². The summed E-state index contributed by atoms with van der Waals surface area (Å²) in [5.74, 6) is -0.303. The maximum atomic E-state index is 12.6. The van der Waals surface area contributed by atoms with Crippen LogP contribution in [0.5, 0.6) is 0 Å². The number of carbonyl (C=O) groups excluding carboxylic acids is 1. The molecule has 1 saturated carbocycles. The summed E-state index contributed by atoms with van der Waals surface area (Å²) in [6, 6.07) is 7.49. The van der Waals surface area contributed by atoms with Gasteiger partial charge in [0.15, 0.2) is 0 Å². The summed E-state index contributed by atoms with van der Waals surface area (Å²) < 4.78 is 20.6. The van der Waals surface area contributed by atoms with Gasteiger partial charge in [-0.15, -0.1) is 0 Å². The molecule has 1 fully saturated rings. The fraction of sp³-hybridized carbons (Fsp3) is 0.650. The number of benzene rings is 1. The molecule has 0 spiro atoms. The Morgan fingerprint density at radius 3 is 2.36 bits per heavy atom. The van der Waals surface area contributed by atoms with Crippen molar-refractivity contribution < 1.29 is 13.7 Å². The van der Waals surface area contributed by atoms with E-state index < -0.39 is 11.0 Å². The van der Waals surface area contributed by atoms with Gasteiger partial charge in [-0.2, -0.15) is 0 Å². The molecular weight excluding hydrogens is 334 g/mol. The number of nitrogens with one attached hydrogen (secondary N) is 1. The Kier molecular flexibility index (Phi) is 6.44. The minimum Gasteiger partial charge on any atom is -0.462 e. The Hall–Kier alpha value is -1.20. The van der Waals surface area contributed by atoms with Crippen LogP contribution in [-0.2, 0) is 15.7 Å². The molecule has 0 aliphatic heterocycles. The van der Waals surface area contributed by atoms with Crippen molar-refractivity contribution in [2.45, 2.75) is 71.1 Å². The second kappa shape index (κ2) is 8.00. The highest BCUT2D eigenvalue weighted by atomic mass is 32.2. The van der Waals surface area contributed by atoms with Crippen LogP contribution in [0.4, 0.5) is 0 Å². The minimum absolute atomic E-state index is 0.0220. The molecule has 0 aromatic heterocycles. The number of hydrogen-bond acceptors (Lipinski definition) is 3. The zero-order valence-electron chi connectivity index (χ0n) is 16.1. The monoisotopic (exact) mass is 365 g/mol. The lowest BCUT2D eigenvalue weighted by Crippen LogP contribution is -2.36. The van der Waals surface area contributed by atoms with Crippen LogP contribution in [0.2, 0.25) is 0 Å². The number of rotatable bonds is 8. The first-order valence-corrected chi connectivity index (χ1v) is 10.2. The average Bonchev–Trinajstić information content (AvgIpc) is 3.28. The Morgan fingerprint density at radius 2 is 1.88 bits per heavy atom. The number of carbonyl (C=O) groups is 1. The van der Waals surface area contributed by atoms with Gasteiger partial charge in [-0.3, -0.25) is 0 Å². The van der Waals surface area contributed by atoms with E-state index in [1.807, 2.05) is 32.9 Å². The molecule has 0 bridgehead atoms. The number of hydrogen-bond donors (Lipinski definition) is 1. The van der Waals surface area contributed by atoms with E-state index in [1.54, 1.807) is 19.1 Å². The molecule has 5 heteroatoms. The maximum Gasteiger partial charge on any atom is 0.338 e. The molecule has 140 valence electrons. The Balaban J connectivity index is 2.12. The Labute approximate surface area is 154 Å². The van der Waals surface area contributed by atoms with Crippen LogP contribution >= 0.6 is 0 Å². The Bertz CT molecular complexity index is 615. The van der Waals surface area contributed by atoms with Gasteiger partial charge >= 0.3 is 5.97 Å². The van der Waals surface area contributed by atoms with E-state index in [0.717, 1.165) is 18.4 Å². The van der Waals surface area contributed by atoms with Crippen LogP contribution in [-0.4, -0.2) is 21.5 Å². The standard InChI is InChI=1S/C20H31NO3S/c1-6-24-18(22)16-9-7-15(8-10-16)17(11-12-20(5)13-14-20)21-25(23)19(2,3)4/h7-10,17,21H,6,11-14H2,1-5H3/t17?,25-/m0/s1. The van der Waals surface area contributed by atoms with E-state index in [0.29, 0.717) is 17.6 Å². The van der Waals surface area contributed by atoms with E-state index in [-0.39, 0.29) is 16.8 Å². The average molecular weight is 366 g/mol. The van der Waals surface area contributed by atoms with E-state index >= 15 is 0 Å². The summed E-state index contributed by atoms with van der Waals surface area (Å²) >= 11 is 0. The Morgan fingerprint density at radius 1 is 1.28 bits per heavy atom. The second-order valence-electron chi connectivity index (χ2n) is 8.24. The van der Waals surface area contributed by atoms with Gasteiger partial charge in [0.2, 0.25) is 0 Å². The van der Waals surface area contributed by atoms with Gasteiger partial charge in [-0.1, -0.05) is 19.1 Å². The van der Waals surface area contributed by atoms with Crippen LogP contribution < -0.4 is 4.72 Å². The molecule has 1 aromatic carbocycles. The lowest BCUT2D eigenvalue weighted by Gasteiger charge is -2.25. The maximum absolute atomic E-state index is 12.6. The molecule has 0 saturated heterocycles. The van der Waals surface area contributed by atoms with Gasteiger partial charge in [0.1, 0.15) is 0 Å². The normalized spacial score (nSPS) is 18.4. The smallest absolute Gasteiger partial charge is 0.338 e. The summed E-state index contributed by atoms with van der Waals surface area (Å²) in [6.45, 7) is 10.4. The second-order valence-corrected chi connectivity index (χ2v) is 10.2. The summed E-state index contributed by atoms with van der Waals surface area (Å²) in [5.41, 5.74) is 2.07. The van der Waals surface area contributed by atoms with Crippen molar-refractivity contribution in [2.24, 2.45) is 5.41 Å². The molecule has 1 aliphatic carbocycles. The van der Waals surface area contributed by atoms with Crippen molar-refractivity contribution in [2.75, 3.05) is 6.61 Å². The largest absolute Gasteiger partial charge is 0.462 e. The van der Waals surface area contributed by atoms with Gasteiger partial charge in [0.25, 0.3) is 0 Å². The zero-order chi connectivity index (χ0) is 18.7. The van der Waals surface area contributed by atoms with Crippen LogP contribution in [0.25, 0.3) is 0 Å². The molecule has 1 aromatic rings. The lowest BCUT2D eigenvalue weighted by molar-refractivity contribution is 0.0526. The summed E-state index contributed by atoms with van der Waals surface area (Å²) in [4.78, 5) is 11.8. The molecular formula is C20H31NO3S. The zero-order valence-corrected chi connectivity index (χ0v) is 16.9. The van der Waals surface area contributed by atoms with E-state index in [1.165, 1.54) is 12.8 Å². The topological polar surface area (TPSA) is 55.4 Å². The summed E-state index contributed by atoms with van der Waals surface area (Å²) in [5, 5.41) is 0. The van der Waals surface area contributed by atoms with Gasteiger partial charge in [0, 0.05) is 6.04 Å². The summed E-state index contributed by atoms with van der Waals surface area (Å²) in [6.07, 6.45) is 4.62. The highest BCUT2D eigenvalue weighted by Crippen LogP contribution is 2.50. The molecule has 1 N–H and O–H groups in total. The number of esters is 1. The molecule has 0 radical (unpaired) electrons. The van der Waals surface area contributed by atoms with Crippen molar-refractivity contribution in [3.8, 4) is 0 Å². The molecule has 0 amide bonds. The first-order valence-electron chi connectivity index (χ1n) is 9.10. The highest BCUT2D eigenvalue weighted by Gasteiger charge is 2.37. The minimum atomic E-state index is -1.13. The van der Waals surface area contributed by atoms with E-state index in [2.05, 4.69) is 11.6 Å². The molecule has 2 atom stereocenters. The molecule has 2 rings (SSSR count). The quantitative estimate of drug-likeness (QED) is 0.688. The van der Waals surface area contributed by atoms with Crippen molar-refractivity contribution in [1.29, 1.82) is 0 Å². The van der Waals surface area contributed by atoms with Crippen LogP contribution in [0.1, 0.15) is 82.3 Å². The molecule has 1 unspecified atom stereocenters. The third-order valence-corrected chi connectivity index (χ3v) is 6.38. The van der Waals surface area contributed by atoms with Gasteiger partial charge in [0.05, 0.1) is 27.9 Å². The van der Waals surface area contributed by atoms with Crippen molar-refractivity contribution in [1.82, 2.24) is 4.72 Å². The van der Waals surface area contributed by atoms with Gasteiger partial charge in [-0.05, 0) is 76.5 Å². The summed E-state index contributed by atoms with van der Waals surface area (Å²) in [7, 11) is -1.13. The van der Waals surface area contributed by atoms with Crippen molar-refractivity contribution in [3.63, 3.8) is 0 Å². The third kappa shape index (κ3) is 5.93. The van der Waals surface area contributed by atoms with Crippen LogP contribution in [0.15, 0.2) is 24.3 Å². The SMILES string of the molecule is CCOC(=O)c1ccc(C(CCC2(C)CC2)N[S@@](=O)C(C)(C)C)cc1. The van der Waals surface area contributed by atoms with Crippen molar-refractivity contribution >= 4 is 17.0 Å². The first kappa shape index (κ1) is 20.1. The highest BCUT2D eigenvalue weighted by molar-refractivity contribution is 7.84. The predicted octanol–water partition coefficient (Wildman–Crippen LogP) is 4.54. The molecule has 1 aliphatic rings. The van der Waals surface area contributed by atoms with E-state index in [9.17, 15) is 9.00 Å². The fourth-order valence-corrected chi connectivity index (χ4v) is 3.49. The molecule has 25 heavy (non-hydrogen) atoms. The van der Waals surface area contributed by atoms with E-state index in [4.69, 9.17) is 4.74 Å². The number of ether oxygens (including phenoxy) is 1. The van der Waals surface area contributed by atoms with Crippen LogP contribution in [0, 0.1) is 5.41 Å².